The summed E-state index contributed by atoms with van der Waals surface area (Å²) in [5, 5.41) is 11.0. The molecule has 0 atom stereocenters. The highest BCUT2D eigenvalue weighted by Gasteiger charge is 2.24. The van der Waals surface area contributed by atoms with E-state index < -0.39 is 10.9 Å². The first-order valence-corrected chi connectivity index (χ1v) is 8.93. The molecular formula is C21H13ClN2O5. The number of halogens is 1. The quantitative estimate of drug-likeness (QED) is 0.257. The number of aryl methyl sites for hydroxylation is 1. The number of nitro groups is 1. The number of nitrogens with zero attached hydrogens (tertiary/aromatic N) is 2. The number of hydrogen-bond donors (Lipinski definition) is 0. The fourth-order valence-electron chi connectivity index (χ4n) is 2.89. The number of aliphatic imine (C=N–C) groups is 1. The molecule has 0 aliphatic carbocycles. The van der Waals surface area contributed by atoms with Crippen molar-refractivity contribution in [2.75, 3.05) is 0 Å². The average Bonchev–Trinajstić information content (AvgIpc) is 3.31. The highest BCUT2D eigenvalue weighted by Crippen LogP contribution is 2.34. The molecule has 1 aliphatic heterocycles. The van der Waals surface area contributed by atoms with E-state index in [1.165, 1.54) is 18.2 Å². The van der Waals surface area contributed by atoms with Crippen LogP contribution in [0, 0.1) is 17.0 Å². The Kier molecular flexibility index (Phi) is 4.74. The zero-order valence-electron chi connectivity index (χ0n) is 15.1. The van der Waals surface area contributed by atoms with Crippen molar-refractivity contribution in [3.8, 4) is 11.3 Å². The van der Waals surface area contributed by atoms with Crippen molar-refractivity contribution >= 4 is 35.2 Å². The molecule has 2 aromatic carbocycles. The largest absolute Gasteiger partial charge is 0.457 e. The number of carbonyl (C=O) groups excluding carboxylic acids is 1. The van der Waals surface area contributed by atoms with Crippen LogP contribution in [-0.2, 0) is 9.53 Å². The number of hydrogen-bond acceptors (Lipinski definition) is 6. The van der Waals surface area contributed by atoms with Crippen molar-refractivity contribution in [2.24, 2.45) is 4.99 Å². The van der Waals surface area contributed by atoms with Gasteiger partial charge in [-0.15, -0.1) is 0 Å². The van der Waals surface area contributed by atoms with Crippen LogP contribution in [0.1, 0.15) is 16.9 Å². The van der Waals surface area contributed by atoms with Gasteiger partial charge in [0, 0.05) is 23.3 Å². The zero-order chi connectivity index (χ0) is 20.5. The Morgan fingerprint density at radius 2 is 1.90 bits per heavy atom. The van der Waals surface area contributed by atoms with Crippen LogP contribution < -0.4 is 0 Å². The maximum absolute atomic E-state index is 12.1. The summed E-state index contributed by atoms with van der Waals surface area (Å²) in [6, 6.07) is 15.3. The number of furan rings is 1. The molecule has 29 heavy (non-hydrogen) atoms. The van der Waals surface area contributed by atoms with Gasteiger partial charge in [-0.1, -0.05) is 29.8 Å². The van der Waals surface area contributed by atoms with E-state index >= 15 is 0 Å². The van der Waals surface area contributed by atoms with E-state index in [1.54, 1.807) is 31.2 Å². The third-order valence-corrected chi connectivity index (χ3v) is 4.61. The van der Waals surface area contributed by atoms with Gasteiger partial charge in [0.05, 0.1) is 4.92 Å². The van der Waals surface area contributed by atoms with E-state index in [9.17, 15) is 14.9 Å². The predicted octanol–water partition coefficient (Wildman–Crippen LogP) is 5.16. The van der Waals surface area contributed by atoms with Gasteiger partial charge in [-0.2, -0.15) is 0 Å². The van der Waals surface area contributed by atoms with Crippen LogP contribution in [-0.4, -0.2) is 16.8 Å². The van der Waals surface area contributed by atoms with E-state index in [0.29, 0.717) is 28.2 Å². The lowest BCUT2D eigenvalue weighted by Gasteiger charge is -2.04. The fourth-order valence-corrected chi connectivity index (χ4v) is 3.13. The van der Waals surface area contributed by atoms with Gasteiger partial charge in [0.15, 0.2) is 5.70 Å². The van der Waals surface area contributed by atoms with Gasteiger partial charge in [0.1, 0.15) is 16.5 Å². The number of carbonyl (C=O) groups is 1. The fraction of sp³-hybridized carbons (Fsp3) is 0.0476. The summed E-state index contributed by atoms with van der Waals surface area (Å²) in [6.07, 6.45) is 1.48. The lowest BCUT2D eigenvalue weighted by atomic mass is 10.1. The van der Waals surface area contributed by atoms with E-state index in [4.69, 9.17) is 20.8 Å². The van der Waals surface area contributed by atoms with Gasteiger partial charge in [-0.3, -0.25) is 10.1 Å². The van der Waals surface area contributed by atoms with Crippen molar-refractivity contribution in [1.82, 2.24) is 0 Å². The highest BCUT2D eigenvalue weighted by molar-refractivity contribution is 6.33. The van der Waals surface area contributed by atoms with Crippen molar-refractivity contribution in [2.45, 2.75) is 6.92 Å². The molecule has 7 nitrogen and oxygen atoms in total. The van der Waals surface area contributed by atoms with E-state index in [0.717, 1.165) is 0 Å². The number of rotatable bonds is 4. The lowest BCUT2D eigenvalue weighted by Crippen LogP contribution is -2.04. The van der Waals surface area contributed by atoms with E-state index in [1.807, 2.05) is 18.2 Å². The molecular weight excluding hydrogens is 396 g/mol. The van der Waals surface area contributed by atoms with E-state index in [2.05, 4.69) is 4.99 Å². The van der Waals surface area contributed by atoms with Crippen LogP contribution in [0.25, 0.3) is 17.4 Å². The number of cyclic esters (lactones) is 1. The number of ether oxygens (including phenoxy) is 1. The first kappa shape index (κ1) is 18.6. The monoisotopic (exact) mass is 408 g/mol. The third-order valence-electron chi connectivity index (χ3n) is 4.30. The minimum atomic E-state index is -0.573. The SMILES string of the molecule is Cc1cc([N+](=O)[O-])c(Cl)cc1-c1ccc(/C=C2\N=C(c3ccccc3)OC2=O)o1. The Labute approximate surface area is 170 Å². The first-order chi connectivity index (χ1) is 13.9. The van der Waals surface area contributed by atoms with Gasteiger partial charge in [0.2, 0.25) is 5.90 Å². The molecule has 1 aliphatic rings. The Morgan fingerprint density at radius 3 is 2.62 bits per heavy atom. The van der Waals surface area contributed by atoms with Crippen LogP contribution in [0.15, 0.2) is 69.7 Å². The zero-order valence-corrected chi connectivity index (χ0v) is 15.8. The normalized spacial score (nSPS) is 14.8. The molecule has 0 unspecified atom stereocenters. The topological polar surface area (TPSA) is 94.9 Å². The van der Waals surface area contributed by atoms with Gasteiger partial charge in [0.25, 0.3) is 5.69 Å². The van der Waals surface area contributed by atoms with Crippen molar-refractivity contribution in [1.29, 1.82) is 0 Å². The average molecular weight is 409 g/mol. The van der Waals surface area contributed by atoms with Gasteiger partial charge in [-0.05, 0) is 42.8 Å². The molecule has 2 heterocycles. The molecule has 1 aromatic heterocycles. The molecule has 4 rings (SSSR count). The molecule has 0 amide bonds. The van der Waals surface area contributed by atoms with Crippen LogP contribution >= 0.6 is 11.6 Å². The highest BCUT2D eigenvalue weighted by atomic mass is 35.5. The summed E-state index contributed by atoms with van der Waals surface area (Å²) in [6.45, 7) is 1.73. The lowest BCUT2D eigenvalue weighted by molar-refractivity contribution is -0.384. The summed E-state index contributed by atoms with van der Waals surface area (Å²) in [7, 11) is 0. The molecule has 0 radical (unpaired) electrons. The summed E-state index contributed by atoms with van der Waals surface area (Å²) >= 11 is 6.01. The predicted molar refractivity (Wildman–Crippen MR) is 108 cm³/mol. The molecule has 0 saturated heterocycles. The van der Waals surface area contributed by atoms with Crippen molar-refractivity contribution < 1.29 is 18.9 Å². The number of esters is 1. The molecule has 144 valence electrons. The summed E-state index contributed by atoms with van der Waals surface area (Å²) in [5.41, 5.74) is 1.90. The molecule has 0 spiro atoms. The second-order valence-corrected chi connectivity index (χ2v) is 6.69. The third kappa shape index (κ3) is 3.68. The summed E-state index contributed by atoms with van der Waals surface area (Å²) in [4.78, 5) is 26.8. The van der Waals surface area contributed by atoms with E-state index in [-0.39, 0.29) is 22.3 Å². The molecule has 0 saturated carbocycles. The van der Waals surface area contributed by atoms with Gasteiger partial charge >= 0.3 is 5.97 Å². The molecule has 3 aromatic rings. The van der Waals surface area contributed by atoms with Crippen LogP contribution in [0.3, 0.4) is 0 Å². The maximum Gasteiger partial charge on any atom is 0.363 e. The first-order valence-electron chi connectivity index (χ1n) is 8.55. The second kappa shape index (κ2) is 7.37. The number of benzene rings is 2. The Morgan fingerprint density at radius 1 is 1.14 bits per heavy atom. The number of nitro benzene ring substituents is 1. The minimum absolute atomic E-state index is 0.0170. The summed E-state index contributed by atoms with van der Waals surface area (Å²) in [5.74, 6) is 0.506. The molecule has 0 fully saturated rings. The van der Waals surface area contributed by atoms with Crippen LogP contribution in [0.5, 0.6) is 0 Å². The van der Waals surface area contributed by atoms with Crippen LogP contribution in [0.2, 0.25) is 5.02 Å². The van der Waals surface area contributed by atoms with Crippen molar-refractivity contribution in [3.05, 3.63) is 92.3 Å². The maximum atomic E-state index is 12.1. The van der Waals surface area contributed by atoms with Gasteiger partial charge in [-0.25, -0.2) is 9.79 Å². The Bertz CT molecular complexity index is 1200. The molecule has 0 bridgehead atoms. The Hall–Kier alpha value is -3.71. The standard InChI is InChI=1S/C21H13ClN2O5/c1-12-9-18(24(26)27)16(22)11-15(12)19-8-7-14(28-19)10-17-21(25)29-20(23-17)13-5-3-2-4-6-13/h2-11H,1H3/b17-10-. The van der Waals surface area contributed by atoms with Gasteiger partial charge < -0.3 is 9.15 Å². The summed E-state index contributed by atoms with van der Waals surface area (Å²) < 4.78 is 11.0. The van der Waals surface area contributed by atoms with Crippen LogP contribution in [0.4, 0.5) is 5.69 Å². The minimum Gasteiger partial charge on any atom is -0.457 e. The molecule has 0 N–H and O–H groups in total. The molecule has 8 heteroatoms. The van der Waals surface area contributed by atoms with Crippen molar-refractivity contribution in [3.63, 3.8) is 0 Å². The second-order valence-electron chi connectivity index (χ2n) is 6.28. The smallest absolute Gasteiger partial charge is 0.363 e. The Balaban J connectivity index is 1.65.